The van der Waals surface area contributed by atoms with Crippen molar-refractivity contribution in [3.8, 4) is 0 Å². The van der Waals surface area contributed by atoms with Gasteiger partial charge >= 0.3 is 0 Å². The number of halogens is 1. The Balaban J connectivity index is 0.00000264. The van der Waals surface area contributed by atoms with Crippen molar-refractivity contribution < 1.29 is 4.79 Å². The van der Waals surface area contributed by atoms with Gasteiger partial charge in [0.05, 0.1) is 12.1 Å². The maximum Gasteiger partial charge on any atom is 0.242 e. The van der Waals surface area contributed by atoms with Crippen molar-refractivity contribution in [1.82, 2.24) is 15.1 Å². The van der Waals surface area contributed by atoms with Gasteiger partial charge in [0, 0.05) is 26.2 Å². The summed E-state index contributed by atoms with van der Waals surface area (Å²) in [7, 11) is 1.77. The summed E-state index contributed by atoms with van der Waals surface area (Å²) < 4.78 is 0. The van der Waals surface area contributed by atoms with E-state index in [4.69, 9.17) is 0 Å². The Morgan fingerprint density at radius 2 is 2.17 bits per heavy atom. The Morgan fingerprint density at radius 1 is 1.48 bits per heavy atom. The maximum atomic E-state index is 12.5. The third-order valence-corrected chi connectivity index (χ3v) is 4.62. The molecule has 1 aromatic rings. The van der Waals surface area contributed by atoms with Gasteiger partial charge in [0.2, 0.25) is 5.91 Å². The number of carbonyl (C=O) groups is 1. The first-order valence-corrected chi connectivity index (χ1v) is 8.58. The molecule has 0 unspecified atom stereocenters. The summed E-state index contributed by atoms with van der Waals surface area (Å²) in [6, 6.07) is 2.31. The van der Waals surface area contributed by atoms with E-state index in [1.165, 1.54) is 5.56 Å². The second-order valence-corrected chi connectivity index (χ2v) is 7.34. The number of hydrogen-bond donors (Lipinski definition) is 1. The predicted molar refractivity (Wildman–Crippen MR) is 108 cm³/mol. The molecule has 130 valence electrons. The molecule has 1 saturated heterocycles. The van der Waals surface area contributed by atoms with Crippen LogP contribution in [-0.2, 0) is 11.3 Å². The van der Waals surface area contributed by atoms with Gasteiger partial charge in [-0.15, -0.1) is 24.0 Å². The topological polar surface area (TPSA) is 47.9 Å². The molecular weight excluding hydrogens is 423 g/mol. The Labute approximate surface area is 160 Å². The number of carbonyl (C=O) groups excluding carboxylic acids is 1. The van der Waals surface area contributed by atoms with Crippen LogP contribution in [0.3, 0.4) is 0 Å². The van der Waals surface area contributed by atoms with E-state index in [1.807, 2.05) is 9.80 Å². The first-order valence-electron chi connectivity index (χ1n) is 7.64. The van der Waals surface area contributed by atoms with Crippen molar-refractivity contribution in [2.45, 2.75) is 45.8 Å². The highest BCUT2D eigenvalue weighted by Crippen LogP contribution is 2.24. The van der Waals surface area contributed by atoms with Gasteiger partial charge in [-0.25, -0.2) is 0 Å². The van der Waals surface area contributed by atoms with Gasteiger partial charge < -0.3 is 15.1 Å². The van der Waals surface area contributed by atoms with Crippen molar-refractivity contribution >= 4 is 47.2 Å². The highest BCUT2D eigenvalue weighted by atomic mass is 127. The quantitative estimate of drug-likeness (QED) is 0.438. The zero-order valence-corrected chi connectivity index (χ0v) is 17.6. The van der Waals surface area contributed by atoms with Crippen LogP contribution >= 0.6 is 35.3 Å². The summed E-state index contributed by atoms with van der Waals surface area (Å²) >= 11 is 1.68. The number of rotatable bonds is 3. The van der Waals surface area contributed by atoms with Crippen LogP contribution in [0.1, 0.15) is 33.3 Å². The van der Waals surface area contributed by atoms with Crippen LogP contribution in [0, 0.1) is 0 Å². The number of aliphatic imine (C=N–C) groups is 1. The van der Waals surface area contributed by atoms with Gasteiger partial charge in [-0.05, 0) is 50.1 Å². The Hall–Kier alpha value is -0.830. The molecule has 0 aliphatic carbocycles. The fraction of sp³-hybridized carbons (Fsp3) is 0.625. The second kappa shape index (κ2) is 8.32. The molecule has 1 aromatic heterocycles. The molecule has 0 saturated carbocycles. The van der Waals surface area contributed by atoms with Crippen LogP contribution in [0.5, 0.6) is 0 Å². The molecule has 1 aliphatic heterocycles. The largest absolute Gasteiger partial charge is 0.352 e. The van der Waals surface area contributed by atoms with E-state index in [1.54, 1.807) is 18.4 Å². The molecule has 0 bridgehead atoms. The van der Waals surface area contributed by atoms with Crippen LogP contribution < -0.4 is 5.32 Å². The molecule has 0 atom stereocenters. The van der Waals surface area contributed by atoms with E-state index in [2.05, 4.69) is 54.8 Å². The van der Waals surface area contributed by atoms with Crippen molar-refractivity contribution in [2.75, 3.05) is 20.1 Å². The minimum atomic E-state index is -0.205. The van der Waals surface area contributed by atoms with Crippen LogP contribution in [0.25, 0.3) is 0 Å². The number of guanidine groups is 1. The summed E-state index contributed by atoms with van der Waals surface area (Å²) in [6.07, 6.45) is 0. The Kier molecular flexibility index (Phi) is 7.31. The fourth-order valence-electron chi connectivity index (χ4n) is 3.22. The summed E-state index contributed by atoms with van der Waals surface area (Å²) in [5, 5.41) is 7.54. The molecule has 1 fully saturated rings. The fourth-order valence-corrected chi connectivity index (χ4v) is 3.89. The summed E-state index contributed by atoms with van der Waals surface area (Å²) in [5.74, 6) is 0.945. The van der Waals surface area contributed by atoms with Crippen molar-refractivity contribution in [2.24, 2.45) is 4.99 Å². The zero-order valence-electron chi connectivity index (χ0n) is 14.5. The lowest BCUT2D eigenvalue weighted by Crippen LogP contribution is -2.66. The minimum Gasteiger partial charge on any atom is -0.352 e. The van der Waals surface area contributed by atoms with Gasteiger partial charge in [0.1, 0.15) is 0 Å². The van der Waals surface area contributed by atoms with E-state index in [9.17, 15) is 4.79 Å². The smallest absolute Gasteiger partial charge is 0.242 e. The average Bonchev–Trinajstić information content (AvgIpc) is 2.90. The summed E-state index contributed by atoms with van der Waals surface area (Å²) in [4.78, 5) is 20.9. The predicted octanol–water partition coefficient (Wildman–Crippen LogP) is 2.77. The van der Waals surface area contributed by atoms with E-state index in [0.717, 1.165) is 19.0 Å². The molecule has 1 aliphatic rings. The van der Waals surface area contributed by atoms with Crippen LogP contribution in [0.2, 0.25) is 0 Å². The van der Waals surface area contributed by atoms with Crippen LogP contribution in [0.15, 0.2) is 21.8 Å². The molecule has 2 rings (SSSR count). The number of nitrogens with one attached hydrogen (secondary N) is 1. The second-order valence-electron chi connectivity index (χ2n) is 6.56. The standard InChI is InChI=1S/C16H26N4OS.HI/c1-12(2)20-14(21)9-19(11-16(20,3)4)15(17-5)18-8-13-6-7-22-10-13;/h6-7,10,12H,8-9,11H2,1-5H3,(H,17,18);1H. The monoisotopic (exact) mass is 450 g/mol. The lowest BCUT2D eigenvalue weighted by molar-refractivity contribution is -0.145. The third kappa shape index (κ3) is 4.82. The van der Waals surface area contributed by atoms with E-state index >= 15 is 0 Å². The minimum absolute atomic E-state index is 0. The molecule has 1 amide bonds. The molecular formula is C16H27IN4OS. The molecule has 0 radical (unpaired) electrons. The molecule has 2 heterocycles. The van der Waals surface area contributed by atoms with Crippen LogP contribution in [0.4, 0.5) is 0 Å². The molecule has 7 heteroatoms. The number of piperazine rings is 1. The summed E-state index contributed by atoms with van der Waals surface area (Å²) in [6.45, 7) is 10.3. The van der Waals surface area contributed by atoms with Crippen molar-refractivity contribution in [3.63, 3.8) is 0 Å². The molecule has 23 heavy (non-hydrogen) atoms. The number of thiophene rings is 1. The molecule has 0 aromatic carbocycles. The van der Waals surface area contributed by atoms with Gasteiger partial charge in [0.25, 0.3) is 0 Å². The van der Waals surface area contributed by atoms with E-state index in [0.29, 0.717) is 6.54 Å². The van der Waals surface area contributed by atoms with E-state index < -0.39 is 0 Å². The zero-order chi connectivity index (χ0) is 16.3. The lowest BCUT2D eigenvalue weighted by Gasteiger charge is -2.49. The number of nitrogens with zero attached hydrogens (tertiary/aromatic N) is 3. The normalized spacial score (nSPS) is 18.2. The highest BCUT2D eigenvalue weighted by Gasteiger charge is 2.40. The summed E-state index contributed by atoms with van der Waals surface area (Å²) in [5.41, 5.74) is 1.03. The van der Waals surface area contributed by atoms with Crippen molar-refractivity contribution in [3.05, 3.63) is 22.4 Å². The first-order chi connectivity index (χ1) is 10.3. The van der Waals surface area contributed by atoms with Gasteiger partial charge in [-0.2, -0.15) is 11.3 Å². The van der Waals surface area contributed by atoms with Gasteiger partial charge in [-0.1, -0.05) is 0 Å². The highest BCUT2D eigenvalue weighted by molar-refractivity contribution is 14.0. The maximum absolute atomic E-state index is 12.5. The van der Waals surface area contributed by atoms with E-state index in [-0.39, 0.29) is 41.5 Å². The lowest BCUT2D eigenvalue weighted by atomic mass is 9.96. The van der Waals surface area contributed by atoms with Gasteiger partial charge in [-0.3, -0.25) is 9.79 Å². The molecule has 0 spiro atoms. The third-order valence-electron chi connectivity index (χ3n) is 3.88. The van der Waals surface area contributed by atoms with Gasteiger partial charge in [0.15, 0.2) is 5.96 Å². The number of hydrogen-bond acceptors (Lipinski definition) is 3. The molecule has 5 nitrogen and oxygen atoms in total. The Bertz CT molecular complexity index is 542. The molecule has 1 N–H and O–H groups in total. The number of amides is 1. The first kappa shape index (κ1) is 20.2. The Morgan fingerprint density at radius 3 is 2.65 bits per heavy atom. The SMILES string of the molecule is CN=C(NCc1ccsc1)N1CC(=O)N(C(C)C)C(C)(C)C1.I. The van der Waals surface area contributed by atoms with Crippen LogP contribution in [-0.4, -0.2) is 53.4 Å². The van der Waals surface area contributed by atoms with Crippen molar-refractivity contribution in [1.29, 1.82) is 0 Å². The average molecular weight is 450 g/mol.